The molecule has 0 aliphatic heterocycles. The lowest BCUT2D eigenvalue weighted by atomic mass is 10.0. The molecule has 2 aromatic carbocycles. The van der Waals surface area contributed by atoms with Crippen LogP contribution in [-0.2, 0) is 0 Å². The summed E-state index contributed by atoms with van der Waals surface area (Å²) >= 11 is 0. The van der Waals surface area contributed by atoms with Gasteiger partial charge in [-0.3, -0.25) is 0 Å². The van der Waals surface area contributed by atoms with Crippen molar-refractivity contribution in [2.75, 3.05) is 34.5 Å². The lowest BCUT2D eigenvalue weighted by Gasteiger charge is -2.25. The molecule has 4 N–H and O–H groups in total. The van der Waals surface area contributed by atoms with E-state index in [4.69, 9.17) is 24.1 Å². The van der Waals surface area contributed by atoms with Gasteiger partial charge in [0.2, 0.25) is 5.75 Å². The maximum absolute atomic E-state index is 10.7. The Morgan fingerprint density at radius 3 is 2.07 bits per heavy atom. The molecule has 2 atom stereocenters. The molecular weight excluding hydrogens is 380 g/mol. The predicted molar refractivity (Wildman–Crippen MR) is 107 cm³/mol. The van der Waals surface area contributed by atoms with E-state index in [-0.39, 0.29) is 23.9 Å². The molecule has 0 radical (unpaired) electrons. The second-order valence-corrected chi connectivity index (χ2v) is 6.05. The molecule has 0 saturated carbocycles. The molecule has 0 spiro atoms. The van der Waals surface area contributed by atoms with Crippen LogP contribution in [0.4, 0.5) is 0 Å². The Morgan fingerprint density at radius 2 is 1.55 bits per heavy atom. The summed E-state index contributed by atoms with van der Waals surface area (Å²) in [5, 5.41) is 39.2. The van der Waals surface area contributed by atoms with Gasteiger partial charge in [0.15, 0.2) is 29.1 Å². The van der Waals surface area contributed by atoms with Gasteiger partial charge in [0.25, 0.3) is 0 Å². The molecule has 29 heavy (non-hydrogen) atoms. The maximum Gasteiger partial charge on any atom is 0.204 e. The molecule has 2 rings (SSSR count). The van der Waals surface area contributed by atoms with Gasteiger partial charge < -0.3 is 39.4 Å². The molecule has 0 aromatic heterocycles. The first-order valence-electron chi connectivity index (χ1n) is 8.84. The highest BCUT2D eigenvalue weighted by Crippen LogP contribution is 2.41. The monoisotopic (exact) mass is 406 g/mol. The Hall–Kier alpha value is -2.94. The van der Waals surface area contributed by atoms with Crippen LogP contribution in [0.5, 0.6) is 28.7 Å². The number of hydrogen-bond donors (Lipinski definition) is 4. The zero-order valence-electron chi connectivity index (χ0n) is 16.5. The molecule has 0 aliphatic carbocycles. The second kappa shape index (κ2) is 10.6. The van der Waals surface area contributed by atoms with Crippen molar-refractivity contribution in [1.82, 2.24) is 0 Å². The lowest BCUT2D eigenvalue weighted by Crippen LogP contribution is -2.29. The first kappa shape index (κ1) is 22.4. The first-order valence-corrected chi connectivity index (χ1v) is 8.84. The van der Waals surface area contributed by atoms with Crippen molar-refractivity contribution in [3.05, 3.63) is 47.5 Å². The number of aliphatic hydroxyl groups is 3. The minimum Gasteiger partial charge on any atom is -0.504 e. The van der Waals surface area contributed by atoms with Crippen LogP contribution < -0.4 is 18.9 Å². The molecule has 158 valence electrons. The van der Waals surface area contributed by atoms with Crippen molar-refractivity contribution in [3.8, 4) is 28.7 Å². The van der Waals surface area contributed by atoms with E-state index in [1.807, 2.05) is 0 Å². The molecule has 0 heterocycles. The predicted octanol–water partition coefficient (Wildman–Crippen LogP) is 1.90. The van der Waals surface area contributed by atoms with Gasteiger partial charge in [-0.1, -0.05) is 18.2 Å². The van der Waals surface area contributed by atoms with Gasteiger partial charge in [-0.2, -0.15) is 0 Å². The number of benzene rings is 2. The zero-order valence-corrected chi connectivity index (χ0v) is 16.5. The van der Waals surface area contributed by atoms with Gasteiger partial charge in [-0.25, -0.2) is 0 Å². The third kappa shape index (κ3) is 5.32. The first-order chi connectivity index (χ1) is 14.0. The molecule has 0 saturated heterocycles. The molecule has 8 nitrogen and oxygen atoms in total. The number of aliphatic hydroxyl groups excluding tert-OH is 3. The van der Waals surface area contributed by atoms with Gasteiger partial charge >= 0.3 is 0 Å². The second-order valence-electron chi connectivity index (χ2n) is 6.05. The summed E-state index contributed by atoms with van der Waals surface area (Å²) in [5.41, 5.74) is 1.10. The van der Waals surface area contributed by atoms with Crippen LogP contribution in [-0.4, -0.2) is 61.1 Å². The topological polar surface area (TPSA) is 118 Å². The van der Waals surface area contributed by atoms with Crippen molar-refractivity contribution in [2.45, 2.75) is 12.2 Å². The molecule has 0 fully saturated rings. The van der Waals surface area contributed by atoms with E-state index < -0.39 is 18.8 Å². The van der Waals surface area contributed by atoms with Crippen LogP contribution >= 0.6 is 0 Å². The number of methoxy groups -OCH3 is 3. The molecule has 0 aliphatic rings. The highest BCUT2D eigenvalue weighted by atomic mass is 16.6. The molecule has 0 amide bonds. The largest absolute Gasteiger partial charge is 0.504 e. The van der Waals surface area contributed by atoms with E-state index in [0.29, 0.717) is 22.6 Å². The standard InChI is InChI=1S/C21H26O8/c1-26-16-11-14(6-7-15(16)24)20(25)19(12-23)29-21-17(27-2)9-13(5-4-8-22)10-18(21)28-3/h4-7,9-11,19-20,22-25H,8,12H2,1-3H3/t19-,20-/m1/s1. The Bertz CT molecular complexity index is 808. The number of aromatic hydroxyl groups is 1. The van der Waals surface area contributed by atoms with Gasteiger partial charge in [0, 0.05) is 0 Å². The third-order valence-electron chi connectivity index (χ3n) is 4.25. The fraction of sp³-hybridized carbons (Fsp3) is 0.333. The SMILES string of the molecule is COc1cc([C@@H](O)[C@@H](CO)Oc2c(OC)cc(C=CCO)cc2OC)ccc1O. The third-order valence-corrected chi connectivity index (χ3v) is 4.25. The van der Waals surface area contributed by atoms with Gasteiger partial charge in [0.05, 0.1) is 34.5 Å². The van der Waals surface area contributed by atoms with E-state index >= 15 is 0 Å². The van der Waals surface area contributed by atoms with Crippen molar-refractivity contribution in [1.29, 1.82) is 0 Å². The maximum atomic E-state index is 10.7. The van der Waals surface area contributed by atoms with Crippen LogP contribution in [0.15, 0.2) is 36.4 Å². The highest BCUT2D eigenvalue weighted by Gasteiger charge is 2.26. The fourth-order valence-corrected chi connectivity index (χ4v) is 2.75. The normalized spacial score (nSPS) is 13.2. The van der Waals surface area contributed by atoms with Crippen LogP contribution in [0, 0.1) is 0 Å². The number of phenolic OH excluding ortho intramolecular Hbond substituents is 1. The quantitative estimate of drug-likeness (QED) is 0.473. The Labute approximate surface area is 169 Å². The summed E-state index contributed by atoms with van der Waals surface area (Å²) in [4.78, 5) is 0. The van der Waals surface area contributed by atoms with Gasteiger partial charge in [-0.05, 0) is 35.4 Å². The van der Waals surface area contributed by atoms with E-state index in [0.717, 1.165) is 0 Å². The van der Waals surface area contributed by atoms with Crippen molar-refractivity contribution >= 4 is 6.08 Å². The van der Waals surface area contributed by atoms with Crippen molar-refractivity contribution in [2.24, 2.45) is 0 Å². The van der Waals surface area contributed by atoms with Gasteiger partial charge in [-0.15, -0.1) is 0 Å². The Morgan fingerprint density at radius 1 is 0.931 bits per heavy atom. The molecular formula is C21H26O8. The van der Waals surface area contributed by atoms with Crippen LogP contribution in [0.2, 0.25) is 0 Å². The summed E-state index contributed by atoms with van der Waals surface area (Å²) in [5.74, 6) is 0.986. The number of rotatable bonds is 10. The fourth-order valence-electron chi connectivity index (χ4n) is 2.75. The minimum atomic E-state index is -1.22. The molecule has 0 bridgehead atoms. The summed E-state index contributed by atoms with van der Waals surface area (Å²) in [7, 11) is 4.31. The smallest absolute Gasteiger partial charge is 0.204 e. The van der Waals surface area contributed by atoms with Crippen molar-refractivity contribution in [3.63, 3.8) is 0 Å². The zero-order chi connectivity index (χ0) is 21.4. The highest BCUT2D eigenvalue weighted by molar-refractivity contribution is 5.62. The van der Waals surface area contributed by atoms with E-state index in [2.05, 4.69) is 0 Å². The Balaban J connectivity index is 2.37. The van der Waals surface area contributed by atoms with Crippen LogP contribution in [0.25, 0.3) is 6.08 Å². The van der Waals surface area contributed by atoms with E-state index in [1.165, 1.54) is 39.5 Å². The average Bonchev–Trinajstić information content (AvgIpc) is 2.75. The lowest BCUT2D eigenvalue weighted by molar-refractivity contribution is -0.00174. The summed E-state index contributed by atoms with van der Waals surface area (Å²) in [6.07, 6.45) is 0.979. The minimum absolute atomic E-state index is 0.0696. The van der Waals surface area contributed by atoms with E-state index in [9.17, 15) is 15.3 Å². The van der Waals surface area contributed by atoms with Gasteiger partial charge in [0.1, 0.15) is 6.10 Å². The number of phenols is 1. The average molecular weight is 406 g/mol. The van der Waals surface area contributed by atoms with Crippen LogP contribution in [0.3, 0.4) is 0 Å². The van der Waals surface area contributed by atoms with Crippen molar-refractivity contribution < 1.29 is 39.4 Å². The van der Waals surface area contributed by atoms with E-state index in [1.54, 1.807) is 24.3 Å². The summed E-state index contributed by atoms with van der Waals surface area (Å²) in [6.45, 7) is -0.611. The number of ether oxygens (including phenoxy) is 4. The number of hydrogen-bond acceptors (Lipinski definition) is 8. The molecule has 2 aromatic rings. The molecule has 8 heteroatoms. The van der Waals surface area contributed by atoms with Crippen LogP contribution in [0.1, 0.15) is 17.2 Å². The summed E-state index contributed by atoms with van der Waals surface area (Å²) in [6, 6.07) is 7.70. The Kier molecular flexibility index (Phi) is 8.14. The molecule has 0 unspecified atom stereocenters. The summed E-state index contributed by atoms with van der Waals surface area (Å²) < 4.78 is 21.7.